The van der Waals surface area contributed by atoms with Gasteiger partial charge in [0.05, 0.1) is 28.3 Å². The van der Waals surface area contributed by atoms with Crippen LogP contribution in [0.1, 0.15) is 11.3 Å². The van der Waals surface area contributed by atoms with E-state index >= 15 is 0 Å². The van der Waals surface area contributed by atoms with Crippen molar-refractivity contribution in [2.45, 2.75) is 17.7 Å². The smallest absolute Gasteiger partial charge is 0.264 e. The van der Waals surface area contributed by atoms with Crippen molar-refractivity contribution in [2.24, 2.45) is 7.05 Å². The van der Waals surface area contributed by atoms with E-state index in [-0.39, 0.29) is 16.7 Å². The second-order valence-electron chi connectivity index (χ2n) is 7.82. The van der Waals surface area contributed by atoms with Crippen LogP contribution in [0.4, 0.5) is 20.4 Å². The summed E-state index contributed by atoms with van der Waals surface area (Å²) in [5.41, 5.74) is 10.2. The van der Waals surface area contributed by atoms with E-state index in [2.05, 4.69) is 19.8 Å². The van der Waals surface area contributed by atoms with Gasteiger partial charge in [0.25, 0.3) is 10.0 Å². The standard InChI is InChI=1S/C22H17ClF2N6O2S/c1-31-10-12(9-27-31)21-20-14-8-18(30-34(32,33)19-5-3-13(24)7-16(19)25)15(23)6-11(14)2-4-17(20)28-22(26)29-21/h3,5-10,30H,2,4H2,1H3,(H2,26,28,29). The fourth-order valence-corrected chi connectivity index (χ4v) is 5.44. The molecule has 3 N–H and O–H groups in total. The molecule has 174 valence electrons. The third-order valence-electron chi connectivity index (χ3n) is 5.50. The molecule has 0 radical (unpaired) electrons. The highest BCUT2D eigenvalue weighted by molar-refractivity contribution is 7.92. The van der Waals surface area contributed by atoms with E-state index in [1.165, 1.54) is 0 Å². The van der Waals surface area contributed by atoms with Gasteiger partial charge in [-0.3, -0.25) is 9.40 Å². The third-order valence-corrected chi connectivity index (χ3v) is 7.21. The van der Waals surface area contributed by atoms with Crippen LogP contribution in [-0.2, 0) is 29.9 Å². The van der Waals surface area contributed by atoms with E-state index in [4.69, 9.17) is 17.3 Å². The van der Waals surface area contributed by atoms with Crippen LogP contribution < -0.4 is 10.5 Å². The van der Waals surface area contributed by atoms with Gasteiger partial charge in [0.2, 0.25) is 5.95 Å². The summed E-state index contributed by atoms with van der Waals surface area (Å²) in [7, 11) is -2.62. The van der Waals surface area contributed by atoms with Crippen LogP contribution in [0.3, 0.4) is 0 Å². The number of benzene rings is 2. The molecule has 34 heavy (non-hydrogen) atoms. The van der Waals surface area contributed by atoms with Crippen molar-refractivity contribution >= 4 is 33.3 Å². The summed E-state index contributed by atoms with van der Waals surface area (Å²) in [6.45, 7) is 0. The van der Waals surface area contributed by atoms with Crippen molar-refractivity contribution in [1.29, 1.82) is 0 Å². The van der Waals surface area contributed by atoms with E-state index < -0.39 is 26.6 Å². The van der Waals surface area contributed by atoms with Crippen LogP contribution in [0.5, 0.6) is 0 Å². The van der Waals surface area contributed by atoms with Crippen LogP contribution in [0.2, 0.25) is 5.02 Å². The van der Waals surface area contributed by atoms with Crippen LogP contribution in [-0.4, -0.2) is 28.2 Å². The number of anilines is 2. The number of nitrogens with one attached hydrogen (secondary N) is 1. The maximum atomic E-state index is 14.2. The topological polar surface area (TPSA) is 116 Å². The molecule has 0 saturated heterocycles. The Morgan fingerprint density at radius 1 is 1.15 bits per heavy atom. The molecule has 0 spiro atoms. The number of hydrogen-bond acceptors (Lipinski definition) is 6. The molecule has 2 aromatic carbocycles. The van der Waals surface area contributed by atoms with Gasteiger partial charge < -0.3 is 5.73 Å². The molecule has 4 aromatic rings. The van der Waals surface area contributed by atoms with Crippen molar-refractivity contribution in [3.63, 3.8) is 0 Å². The van der Waals surface area contributed by atoms with Crippen LogP contribution >= 0.6 is 11.6 Å². The number of rotatable bonds is 4. The predicted molar refractivity (Wildman–Crippen MR) is 124 cm³/mol. The van der Waals surface area contributed by atoms with E-state index in [1.54, 1.807) is 36.3 Å². The minimum absolute atomic E-state index is 0.0333. The Morgan fingerprint density at radius 3 is 2.65 bits per heavy atom. The summed E-state index contributed by atoms with van der Waals surface area (Å²) in [6.07, 6.45) is 4.62. The number of aryl methyl sites for hydroxylation is 3. The summed E-state index contributed by atoms with van der Waals surface area (Å²) in [4.78, 5) is 8.10. The number of hydrogen-bond donors (Lipinski definition) is 2. The lowest BCUT2D eigenvalue weighted by atomic mass is 9.86. The Bertz CT molecular complexity index is 1570. The zero-order chi connectivity index (χ0) is 24.2. The number of nitrogen functional groups attached to an aromatic ring is 1. The largest absolute Gasteiger partial charge is 0.368 e. The summed E-state index contributed by atoms with van der Waals surface area (Å²) in [5.74, 6) is -1.99. The molecule has 0 saturated carbocycles. The van der Waals surface area contributed by atoms with Crippen LogP contribution in [0.25, 0.3) is 22.4 Å². The second kappa shape index (κ2) is 8.03. The van der Waals surface area contributed by atoms with E-state index in [1.807, 2.05) is 0 Å². The van der Waals surface area contributed by atoms with Gasteiger partial charge in [0.15, 0.2) is 0 Å². The molecular weight excluding hydrogens is 486 g/mol. The molecular formula is C22H17ClF2N6O2S. The fraction of sp³-hybridized carbons (Fsp3) is 0.136. The van der Waals surface area contributed by atoms with Gasteiger partial charge in [-0.05, 0) is 48.2 Å². The lowest BCUT2D eigenvalue weighted by Crippen LogP contribution is -2.16. The van der Waals surface area contributed by atoms with E-state index in [9.17, 15) is 17.2 Å². The molecule has 1 aliphatic carbocycles. The highest BCUT2D eigenvalue weighted by Gasteiger charge is 2.27. The molecule has 0 bridgehead atoms. The van der Waals surface area contributed by atoms with Gasteiger partial charge in [-0.1, -0.05) is 11.6 Å². The third kappa shape index (κ3) is 3.86. The average Bonchev–Trinajstić information content (AvgIpc) is 3.19. The Hall–Kier alpha value is -3.57. The van der Waals surface area contributed by atoms with Crippen molar-refractivity contribution in [3.8, 4) is 22.4 Å². The number of sulfonamides is 1. The van der Waals surface area contributed by atoms with Crippen molar-refractivity contribution in [1.82, 2.24) is 19.7 Å². The normalized spacial score (nSPS) is 12.8. The molecule has 2 heterocycles. The maximum absolute atomic E-state index is 14.2. The minimum atomic E-state index is -4.39. The summed E-state index contributed by atoms with van der Waals surface area (Å²) < 4.78 is 57.1. The number of fused-ring (bicyclic) bond motifs is 3. The molecule has 0 fully saturated rings. The van der Waals surface area contributed by atoms with Gasteiger partial charge in [-0.25, -0.2) is 27.2 Å². The number of nitrogens with two attached hydrogens (primary N) is 1. The van der Waals surface area contributed by atoms with E-state index in [0.717, 1.165) is 17.7 Å². The first-order valence-electron chi connectivity index (χ1n) is 10.1. The molecule has 0 unspecified atom stereocenters. The lowest BCUT2D eigenvalue weighted by molar-refractivity contribution is 0.551. The van der Waals surface area contributed by atoms with Crippen molar-refractivity contribution in [3.05, 3.63) is 70.6 Å². The van der Waals surface area contributed by atoms with Crippen LogP contribution in [0, 0.1) is 11.6 Å². The first kappa shape index (κ1) is 22.2. The Balaban J connectivity index is 1.65. The van der Waals surface area contributed by atoms with Gasteiger partial charge in [0, 0.05) is 30.4 Å². The predicted octanol–water partition coefficient (Wildman–Crippen LogP) is 3.96. The number of aromatic nitrogens is 4. The summed E-state index contributed by atoms with van der Waals surface area (Å²) >= 11 is 6.39. The molecule has 5 rings (SSSR count). The first-order valence-corrected chi connectivity index (χ1v) is 11.9. The molecule has 2 aromatic heterocycles. The summed E-state index contributed by atoms with van der Waals surface area (Å²) in [5, 5.41) is 4.33. The summed E-state index contributed by atoms with van der Waals surface area (Å²) in [6, 6.07) is 5.44. The average molecular weight is 503 g/mol. The molecule has 8 nitrogen and oxygen atoms in total. The van der Waals surface area contributed by atoms with Gasteiger partial charge >= 0.3 is 0 Å². The van der Waals surface area contributed by atoms with Crippen LogP contribution in [0.15, 0.2) is 47.6 Å². The SMILES string of the molecule is Cn1cc(-c2nc(N)nc3c2-c2cc(NS(=O)(=O)c4ccc(F)cc4F)c(Cl)cc2CC3)cn1. The zero-order valence-electron chi connectivity index (χ0n) is 17.7. The molecule has 1 aliphatic rings. The maximum Gasteiger partial charge on any atom is 0.264 e. The van der Waals surface area contributed by atoms with Gasteiger partial charge in [-0.2, -0.15) is 5.10 Å². The molecule has 0 aliphatic heterocycles. The Labute approximate surface area is 198 Å². The van der Waals surface area contributed by atoms with Crippen molar-refractivity contribution < 1.29 is 17.2 Å². The fourth-order valence-electron chi connectivity index (χ4n) is 4.02. The van der Waals surface area contributed by atoms with Gasteiger partial charge in [0.1, 0.15) is 16.5 Å². The highest BCUT2D eigenvalue weighted by atomic mass is 35.5. The Morgan fingerprint density at radius 2 is 1.94 bits per heavy atom. The highest BCUT2D eigenvalue weighted by Crippen LogP contribution is 2.42. The van der Waals surface area contributed by atoms with E-state index in [0.29, 0.717) is 47.0 Å². The second-order valence-corrected chi connectivity index (χ2v) is 9.88. The Kier molecular flexibility index (Phi) is 5.25. The van der Waals surface area contributed by atoms with Crippen molar-refractivity contribution in [2.75, 3.05) is 10.5 Å². The monoisotopic (exact) mass is 502 g/mol. The number of nitrogens with zero attached hydrogens (tertiary/aromatic N) is 4. The quantitative estimate of drug-likeness (QED) is 0.436. The zero-order valence-corrected chi connectivity index (χ0v) is 19.3. The van der Waals surface area contributed by atoms with Gasteiger partial charge in [-0.15, -0.1) is 0 Å². The molecule has 12 heteroatoms. The molecule has 0 atom stereocenters. The first-order chi connectivity index (χ1) is 16.1. The molecule has 0 amide bonds. The lowest BCUT2D eigenvalue weighted by Gasteiger charge is -2.23. The number of halogens is 3. The minimum Gasteiger partial charge on any atom is -0.368 e.